The molecule has 0 atom stereocenters. The quantitative estimate of drug-likeness (QED) is 0.423. The molecular weight excluding hydrogens is 459 g/mol. The Hall–Kier alpha value is -2.84. The third-order valence-electron chi connectivity index (χ3n) is 5.18. The molecule has 3 aromatic carbocycles. The van der Waals surface area contributed by atoms with Crippen LogP contribution in [0.3, 0.4) is 0 Å². The van der Waals surface area contributed by atoms with E-state index in [1.165, 1.54) is 30.0 Å². The summed E-state index contributed by atoms with van der Waals surface area (Å²) in [7, 11) is -3.93. The molecule has 1 N–H and O–H groups in total. The zero-order chi connectivity index (χ0) is 23.8. The van der Waals surface area contributed by atoms with E-state index in [9.17, 15) is 17.6 Å². The van der Waals surface area contributed by atoms with Crippen LogP contribution in [0.4, 0.5) is 10.1 Å². The van der Waals surface area contributed by atoms with Gasteiger partial charge in [0.1, 0.15) is 12.4 Å². The topological polar surface area (TPSA) is 66.5 Å². The number of hydrogen-bond acceptors (Lipinski definition) is 4. The number of rotatable bonds is 10. The van der Waals surface area contributed by atoms with Crippen molar-refractivity contribution in [3.8, 4) is 0 Å². The van der Waals surface area contributed by atoms with Crippen LogP contribution in [0.15, 0.2) is 77.7 Å². The first-order chi connectivity index (χ1) is 15.8. The van der Waals surface area contributed by atoms with E-state index in [1.807, 2.05) is 19.9 Å². The number of nitrogens with one attached hydrogen (secondary N) is 1. The van der Waals surface area contributed by atoms with Crippen LogP contribution < -0.4 is 9.62 Å². The van der Waals surface area contributed by atoms with E-state index < -0.39 is 15.9 Å². The maximum absolute atomic E-state index is 13.7. The second kappa shape index (κ2) is 11.3. The zero-order valence-electron chi connectivity index (χ0n) is 18.6. The second-order valence-electron chi connectivity index (χ2n) is 7.59. The fraction of sp³-hybridized carbons (Fsp3) is 0.240. The number of halogens is 1. The molecule has 0 radical (unpaired) electrons. The van der Waals surface area contributed by atoms with Crippen molar-refractivity contribution in [2.75, 3.05) is 23.1 Å². The summed E-state index contributed by atoms with van der Waals surface area (Å²) in [5.41, 5.74) is 3.02. The van der Waals surface area contributed by atoms with E-state index in [0.29, 0.717) is 29.3 Å². The summed E-state index contributed by atoms with van der Waals surface area (Å²) in [5.74, 6) is 0.429. The summed E-state index contributed by atoms with van der Waals surface area (Å²) >= 11 is 1.50. The van der Waals surface area contributed by atoms with Crippen molar-refractivity contribution in [2.45, 2.75) is 24.5 Å². The second-order valence-corrected chi connectivity index (χ2v) is 10.6. The van der Waals surface area contributed by atoms with Gasteiger partial charge in [0.15, 0.2) is 0 Å². The predicted molar refractivity (Wildman–Crippen MR) is 132 cm³/mol. The highest BCUT2D eigenvalue weighted by molar-refractivity contribution is 7.98. The average Bonchev–Trinajstić information content (AvgIpc) is 2.81. The zero-order valence-corrected chi connectivity index (χ0v) is 20.3. The van der Waals surface area contributed by atoms with Crippen molar-refractivity contribution in [3.05, 3.63) is 95.3 Å². The van der Waals surface area contributed by atoms with Crippen LogP contribution in [-0.2, 0) is 20.6 Å². The molecule has 0 heterocycles. The maximum Gasteiger partial charge on any atom is 0.264 e. The molecule has 0 spiro atoms. The number of hydrogen-bond donors (Lipinski definition) is 1. The van der Waals surface area contributed by atoms with E-state index >= 15 is 0 Å². The Morgan fingerprint density at radius 1 is 0.970 bits per heavy atom. The normalized spacial score (nSPS) is 11.2. The average molecular weight is 487 g/mol. The van der Waals surface area contributed by atoms with Crippen LogP contribution in [0.5, 0.6) is 0 Å². The number of benzene rings is 3. The first kappa shape index (κ1) is 24.8. The Kier molecular flexibility index (Phi) is 8.52. The molecule has 3 rings (SSSR count). The number of aryl methyl sites for hydroxylation is 2. The van der Waals surface area contributed by atoms with Gasteiger partial charge in [0.2, 0.25) is 5.91 Å². The Morgan fingerprint density at radius 2 is 1.67 bits per heavy atom. The highest BCUT2D eigenvalue weighted by atomic mass is 32.2. The van der Waals surface area contributed by atoms with E-state index in [2.05, 4.69) is 5.32 Å². The Bertz CT molecular complexity index is 1200. The highest BCUT2D eigenvalue weighted by Crippen LogP contribution is 2.25. The summed E-state index contributed by atoms with van der Waals surface area (Å²) in [6, 6.07) is 20.0. The molecule has 0 fully saturated rings. The van der Waals surface area contributed by atoms with Gasteiger partial charge in [-0.05, 0) is 60.9 Å². The molecule has 33 heavy (non-hydrogen) atoms. The lowest BCUT2D eigenvalue weighted by Crippen LogP contribution is -2.41. The SMILES string of the molecule is Cc1ccc(N(CC(=O)NCCSCc2ccccc2F)S(=O)(=O)c2ccccc2)cc1C. The van der Waals surface area contributed by atoms with Gasteiger partial charge in [-0.3, -0.25) is 9.10 Å². The van der Waals surface area contributed by atoms with Gasteiger partial charge >= 0.3 is 0 Å². The van der Waals surface area contributed by atoms with Gasteiger partial charge in [-0.1, -0.05) is 42.5 Å². The van der Waals surface area contributed by atoms with Crippen molar-refractivity contribution in [3.63, 3.8) is 0 Å². The first-order valence-electron chi connectivity index (χ1n) is 10.5. The number of amides is 1. The van der Waals surface area contributed by atoms with E-state index in [0.717, 1.165) is 15.4 Å². The summed E-state index contributed by atoms with van der Waals surface area (Å²) in [4.78, 5) is 12.8. The van der Waals surface area contributed by atoms with Gasteiger partial charge in [-0.15, -0.1) is 0 Å². The predicted octanol–water partition coefficient (Wildman–Crippen LogP) is 4.69. The smallest absolute Gasteiger partial charge is 0.264 e. The lowest BCUT2D eigenvalue weighted by molar-refractivity contribution is -0.119. The van der Waals surface area contributed by atoms with Gasteiger partial charge in [-0.2, -0.15) is 11.8 Å². The van der Waals surface area contributed by atoms with Gasteiger partial charge in [0.05, 0.1) is 10.6 Å². The Balaban J connectivity index is 1.66. The van der Waals surface area contributed by atoms with Crippen LogP contribution >= 0.6 is 11.8 Å². The summed E-state index contributed by atoms with van der Waals surface area (Å²) < 4.78 is 41.5. The van der Waals surface area contributed by atoms with Gasteiger partial charge in [-0.25, -0.2) is 12.8 Å². The van der Waals surface area contributed by atoms with Crippen LogP contribution in [0.1, 0.15) is 16.7 Å². The van der Waals surface area contributed by atoms with Gasteiger partial charge in [0, 0.05) is 18.1 Å². The van der Waals surface area contributed by atoms with Crippen LogP contribution in [-0.4, -0.2) is 33.2 Å². The first-order valence-corrected chi connectivity index (χ1v) is 13.1. The van der Waals surface area contributed by atoms with Gasteiger partial charge < -0.3 is 5.32 Å². The lowest BCUT2D eigenvalue weighted by Gasteiger charge is -2.24. The molecule has 0 saturated carbocycles. The molecule has 8 heteroatoms. The molecule has 0 aliphatic rings. The van der Waals surface area contributed by atoms with E-state index in [-0.39, 0.29) is 17.3 Å². The van der Waals surface area contributed by atoms with E-state index in [1.54, 1.807) is 48.5 Å². The highest BCUT2D eigenvalue weighted by Gasteiger charge is 2.27. The van der Waals surface area contributed by atoms with Crippen molar-refractivity contribution in [2.24, 2.45) is 0 Å². The van der Waals surface area contributed by atoms with Crippen LogP contribution in [0.2, 0.25) is 0 Å². The molecule has 174 valence electrons. The minimum atomic E-state index is -3.93. The van der Waals surface area contributed by atoms with Crippen LogP contribution in [0.25, 0.3) is 0 Å². The maximum atomic E-state index is 13.7. The third kappa shape index (κ3) is 6.58. The number of carbonyl (C=O) groups excluding carboxylic acids is 1. The van der Waals surface area contributed by atoms with Crippen molar-refractivity contribution in [1.29, 1.82) is 0 Å². The number of carbonyl (C=O) groups is 1. The summed E-state index contributed by atoms with van der Waals surface area (Å²) in [6.07, 6.45) is 0. The third-order valence-corrected chi connectivity index (χ3v) is 7.98. The molecule has 0 saturated heterocycles. The Labute approximate surface area is 199 Å². The standard InChI is InChI=1S/C25H27FN2O3S2/c1-19-12-13-22(16-20(19)2)28(33(30,31)23-9-4-3-5-10-23)17-25(29)27-14-15-32-18-21-8-6-7-11-24(21)26/h3-13,16H,14-15,17-18H2,1-2H3,(H,27,29). The van der Waals surface area contributed by atoms with E-state index in [4.69, 9.17) is 0 Å². The fourth-order valence-electron chi connectivity index (χ4n) is 3.16. The molecule has 5 nitrogen and oxygen atoms in total. The molecule has 0 aliphatic carbocycles. The van der Waals surface area contributed by atoms with Crippen molar-refractivity contribution in [1.82, 2.24) is 5.32 Å². The monoisotopic (exact) mass is 486 g/mol. The largest absolute Gasteiger partial charge is 0.354 e. The lowest BCUT2D eigenvalue weighted by atomic mass is 10.1. The van der Waals surface area contributed by atoms with Crippen molar-refractivity contribution >= 4 is 33.4 Å². The van der Waals surface area contributed by atoms with Gasteiger partial charge in [0.25, 0.3) is 10.0 Å². The molecule has 0 bridgehead atoms. The van der Waals surface area contributed by atoms with Crippen LogP contribution in [0, 0.1) is 19.7 Å². The molecule has 0 aromatic heterocycles. The number of thioether (sulfide) groups is 1. The summed E-state index contributed by atoms with van der Waals surface area (Å²) in [5, 5.41) is 2.77. The minimum absolute atomic E-state index is 0.122. The Morgan fingerprint density at radius 3 is 2.36 bits per heavy atom. The fourth-order valence-corrected chi connectivity index (χ4v) is 5.44. The molecular formula is C25H27FN2O3S2. The van der Waals surface area contributed by atoms with Crippen molar-refractivity contribution < 1.29 is 17.6 Å². The molecule has 1 amide bonds. The molecule has 0 unspecified atom stereocenters. The number of anilines is 1. The summed E-state index contributed by atoms with van der Waals surface area (Å²) in [6.45, 7) is 3.86. The molecule has 0 aliphatic heterocycles. The molecule has 3 aromatic rings. The number of nitrogens with zero attached hydrogens (tertiary/aromatic N) is 1. The minimum Gasteiger partial charge on any atom is -0.354 e. The number of sulfonamides is 1.